The van der Waals surface area contributed by atoms with E-state index in [-0.39, 0.29) is 0 Å². The van der Waals surface area contributed by atoms with Gasteiger partial charge in [0.25, 0.3) is 0 Å². The van der Waals surface area contributed by atoms with Crippen LogP contribution in [-0.4, -0.2) is 57.3 Å². The van der Waals surface area contributed by atoms with Crippen molar-refractivity contribution in [3.63, 3.8) is 0 Å². The molecule has 0 atom stereocenters. The Morgan fingerprint density at radius 2 is 0.800 bits per heavy atom. The molecule has 0 aliphatic rings. The molecule has 2 aromatic carbocycles. The Morgan fingerprint density at radius 3 is 1.07 bits per heavy atom. The molecule has 0 spiro atoms. The van der Waals surface area contributed by atoms with Gasteiger partial charge in [-0.1, -0.05) is 53.1 Å². The zero-order valence-electron chi connectivity index (χ0n) is 27.6. The fourth-order valence-electron chi connectivity index (χ4n) is 4.49. The first-order valence-corrected chi connectivity index (χ1v) is 21.9. The highest BCUT2D eigenvalue weighted by molar-refractivity contribution is 8.03. The largest absolute Gasteiger partial charge is 0.530 e. The molecule has 6 nitrogen and oxygen atoms in total. The number of halogens is 2. The van der Waals surface area contributed by atoms with E-state index in [1.54, 1.807) is 23.5 Å². The van der Waals surface area contributed by atoms with Gasteiger partial charge < -0.3 is 26.6 Å². The molecule has 0 aliphatic carbocycles. The van der Waals surface area contributed by atoms with E-state index in [2.05, 4.69) is 11.4 Å². The maximum atomic E-state index is 6.16. The number of thioether (sulfide) groups is 2. The van der Waals surface area contributed by atoms with Crippen LogP contribution in [-0.2, 0) is 26.6 Å². The normalized spacial score (nSPS) is 13.1. The van der Waals surface area contributed by atoms with Crippen molar-refractivity contribution in [2.75, 3.05) is 39.6 Å². The van der Waals surface area contributed by atoms with Gasteiger partial charge in [-0.25, -0.2) is 0 Å². The van der Waals surface area contributed by atoms with Crippen LogP contribution in [0.5, 0.6) is 0 Å². The second-order valence-electron chi connectivity index (χ2n) is 9.70. The third-order valence-electron chi connectivity index (χ3n) is 6.22. The van der Waals surface area contributed by atoms with E-state index >= 15 is 0 Å². The molecule has 45 heavy (non-hydrogen) atoms. The van der Waals surface area contributed by atoms with E-state index in [1.165, 1.54) is 9.81 Å². The highest BCUT2D eigenvalue weighted by Gasteiger charge is 2.40. The molecule has 2 aromatic rings. The second-order valence-corrected chi connectivity index (χ2v) is 17.7. The van der Waals surface area contributed by atoms with Gasteiger partial charge in [-0.15, -0.1) is 0 Å². The van der Waals surface area contributed by atoms with Gasteiger partial charge in [-0.2, -0.15) is 0 Å². The molecule has 0 aliphatic heterocycles. The first-order valence-electron chi connectivity index (χ1n) is 15.9. The summed E-state index contributed by atoms with van der Waals surface area (Å²) in [4.78, 5) is 4.60. The number of hydrogen-bond acceptors (Lipinski definition) is 8. The molecule has 2 rings (SSSR count). The van der Waals surface area contributed by atoms with Crippen molar-refractivity contribution in [1.82, 2.24) is 0 Å². The molecule has 0 fully saturated rings. The molecule has 0 bridgehead atoms. The molecule has 12 heteroatoms. The maximum Gasteiger partial charge on any atom is 0.530 e. The Hall–Kier alpha value is -0.606. The molecule has 0 radical (unpaired) electrons. The average molecular weight is 734 g/mol. The number of benzene rings is 2. The van der Waals surface area contributed by atoms with Gasteiger partial charge >= 0.3 is 17.6 Å². The predicted octanol–water partition coefficient (Wildman–Crippen LogP) is 10.8. The third kappa shape index (κ3) is 15.4. The van der Waals surface area contributed by atoms with Crippen LogP contribution in [0.4, 0.5) is 0 Å². The predicted molar refractivity (Wildman–Crippen MR) is 195 cm³/mol. The molecular weight excluding hydrogens is 684 g/mol. The Bertz CT molecular complexity index is 1030. The summed E-state index contributed by atoms with van der Waals surface area (Å²) < 4.78 is 37.0. The fraction of sp³-hybridized carbons (Fsp3) is 0.515. The first kappa shape index (κ1) is 40.6. The topological polar surface area (TPSA) is 55.4 Å². The molecule has 0 saturated heterocycles. The third-order valence-corrected chi connectivity index (χ3v) is 14.9. The summed E-state index contributed by atoms with van der Waals surface area (Å²) in [6.07, 6.45) is 4.81. The number of hydrogen-bond donors (Lipinski definition) is 0. The van der Waals surface area contributed by atoms with E-state index in [4.69, 9.17) is 49.8 Å². The number of allylic oxidation sites excluding steroid dienone is 2. The lowest BCUT2D eigenvalue weighted by atomic mass is 10.1. The maximum absolute atomic E-state index is 6.16. The van der Waals surface area contributed by atoms with Crippen LogP contribution in [0.15, 0.2) is 79.5 Å². The van der Waals surface area contributed by atoms with Gasteiger partial charge in [0.1, 0.15) is 0 Å². The summed E-state index contributed by atoms with van der Waals surface area (Å²) in [7, 11) is -5.95. The van der Waals surface area contributed by atoms with E-state index in [9.17, 15) is 0 Å². The van der Waals surface area contributed by atoms with E-state index in [1.807, 2.05) is 90.1 Å². The Labute approximate surface area is 292 Å². The first-order chi connectivity index (χ1) is 21.8. The summed E-state index contributed by atoms with van der Waals surface area (Å²) in [6, 6.07) is 15.9. The zero-order chi connectivity index (χ0) is 33.0. The lowest BCUT2D eigenvalue weighted by molar-refractivity contribution is 0.0833. The summed E-state index contributed by atoms with van der Waals surface area (Å²) in [5, 5.41) is 1.44. The smallest absolute Gasteiger partial charge is 0.371 e. The van der Waals surface area contributed by atoms with Crippen molar-refractivity contribution in [2.24, 2.45) is 0 Å². The Balaban J connectivity index is 2.24. The van der Waals surface area contributed by atoms with Gasteiger partial charge in [-0.3, -0.25) is 0 Å². The standard InChI is InChI=1S/C33H50Cl2O6S2Si2/c1-7-36-44(37-8-2,38-9-3)26-32(42-30-22-18-28(34)19-23-30)16-14-13-15-17-33(43-31-24-20-29(35)21-25-31)27-45(39-10-4,40-11-5)41-12-6/h18-27H,7-17H2,1-6H3/b32-26-,33-27-. The lowest BCUT2D eigenvalue weighted by Gasteiger charge is -2.26. The molecule has 0 aromatic heterocycles. The molecule has 252 valence electrons. The van der Waals surface area contributed by atoms with E-state index < -0.39 is 17.6 Å². The zero-order valence-corrected chi connectivity index (χ0v) is 32.7. The molecule has 0 amide bonds. The van der Waals surface area contributed by atoms with Crippen molar-refractivity contribution in [3.8, 4) is 0 Å². The van der Waals surface area contributed by atoms with Crippen molar-refractivity contribution in [1.29, 1.82) is 0 Å². The van der Waals surface area contributed by atoms with Gasteiger partial charge in [-0.05, 0) is 137 Å². The molecular formula is C33H50Cl2O6S2Si2. The summed E-state index contributed by atoms with van der Waals surface area (Å²) in [5.74, 6) is 0. The van der Waals surface area contributed by atoms with Crippen LogP contribution in [0.3, 0.4) is 0 Å². The molecule has 0 N–H and O–H groups in total. The molecule has 0 unspecified atom stereocenters. The average Bonchev–Trinajstić information content (AvgIpc) is 3.00. The van der Waals surface area contributed by atoms with Gasteiger partial charge in [0.15, 0.2) is 0 Å². The minimum absolute atomic E-state index is 0.526. The Kier molecular flexibility index (Phi) is 20.6. The van der Waals surface area contributed by atoms with Crippen LogP contribution in [0.2, 0.25) is 10.0 Å². The molecule has 0 saturated carbocycles. The summed E-state index contributed by atoms with van der Waals surface area (Å²) in [6.45, 7) is 15.0. The highest BCUT2D eigenvalue weighted by atomic mass is 35.5. The van der Waals surface area contributed by atoms with Gasteiger partial charge in [0, 0.05) is 59.5 Å². The van der Waals surface area contributed by atoms with E-state index in [0.717, 1.165) is 51.9 Å². The SMILES string of the molecule is CCO[Si](/C=C(/CCCCC/C(=C/[Si](OCC)(OCC)OCC)Sc1ccc(Cl)cc1)Sc1ccc(Cl)cc1)(OCC)OCC. The fourth-order valence-corrected chi connectivity index (χ4v) is 12.2. The van der Waals surface area contributed by atoms with Crippen molar-refractivity contribution in [3.05, 3.63) is 79.8 Å². The van der Waals surface area contributed by atoms with Crippen LogP contribution in [0.25, 0.3) is 0 Å². The summed E-state index contributed by atoms with van der Waals surface area (Å²) in [5.41, 5.74) is 4.27. The number of rotatable bonds is 24. The van der Waals surface area contributed by atoms with Crippen molar-refractivity contribution >= 4 is 64.3 Å². The lowest BCUT2D eigenvalue weighted by Crippen LogP contribution is -2.44. The minimum Gasteiger partial charge on any atom is -0.371 e. The Morgan fingerprint density at radius 1 is 0.511 bits per heavy atom. The van der Waals surface area contributed by atoms with Gasteiger partial charge in [0.05, 0.1) is 0 Å². The number of unbranched alkanes of at least 4 members (excludes halogenated alkanes) is 2. The van der Waals surface area contributed by atoms with E-state index in [0.29, 0.717) is 39.6 Å². The monoisotopic (exact) mass is 732 g/mol. The highest BCUT2D eigenvalue weighted by Crippen LogP contribution is 2.36. The van der Waals surface area contributed by atoms with Crippen LogP contribution in [0, 0.1) is 0 Å². The van der Waals surface area contributed by atoms with Crippen LogP contribution >= 0.6 is 46.7 Å². The van der Waals surface area contributed by atoms with Crippen molar-refractivity contribution < 1.29 is 26.6 Å². The van der Waals surface area contributed by atoms with Crippen LogP contribution in [0.1, 0.15) is 73.6 Å². The minimum atomic E-state index is -2.98. The quantitative estimate of drug-likeness (QED) is 0.0601. The summed E-state index contributed by atoms with van der Waals surface area (Å²) >= 11 is 15.8. The van der Waals surface area contributed by atoms with Gasteiger partial charge in [0.2, 0.25) is 0 Å². The second kappa shape index (κ2) is 22.9. The van der Waals surface area contributed by atoms with Crippen LogP contribution < -0.4 is 0 Å². The van der Waals surface area contributed by atoms with Crippen molar-refractivity contribution in [2.45, 2.75) is 83.4 Å². The molecule has 0 heterocycles.